The molecule has 2 aromatic rings. The molecule has 2 aliphatic rings. The number of aromatic nitrogens is 1. The summed E-state index contributed by atoms with van der Waals surface area (Å²) in [6, 6.07) is 7.43. The molecule has 21 heavy (non-hydrogen) atoms. The molecular weight excluding hydrogens is 265 g/mol. The molecule has 1 aromatic heterocycles. The van der Waals surface area contributed by atoms with Crippen LogP contribution in [0.2, 0.25) is 0 Å². The highest BCUT2D eigenvalue weighted by atomic mass is 16.4. The molecule has 0 spiro atoms. The second-order valence-electron chi connectivity index (χ2n) is 6.38. The van der Waals surface area contributed by atoms with Crippen molar-refractivity contribution in [3.63, 3.8) is 0 Å². The molecule has 2 N–H and O–H groups in total. The maximum atomic E-state index is 12.8. The summed E-state index contributed by atoms with van der Waals surface area (Å²) in [4.78, 5) is 12.8. The molecule has 2 saturated carbocycles. The Kier molecular flexibility index (Phi) is 2.94. The molecule has 0 atom stereocenters. The van der Waals surface area contributed by atoms with Crippen molar-refractivity contribution >= 4 is 23.4 Å². The summed E-state index contributed by atoms with van der Waals surface area (Å²) in [5.41, 5.74) is 0.426. The van der Waals surface area contributed by atoms with Crippen molar-refractivity contribution in [2.24, 2.45) is 11.8 Å². The predicted octanol–water partition coefficient (Wildman–Crippen LogP) is 1.04. The molecule has 4 nitrogen and oxygen atoms in total. The fourth-order valence-electron chi connectivity index (χ4n) is 3.48. The van der Waals surface area contributed by atoms with Crippen LogP contribution in [-0.2, 0) is 0 Å². The summed E-state index contributed by atoms with van der Waals surface area (Å²) < 4.78 is 1.78. The average Bonchev–Trinajstić information content (AvgIpc) is 3.36. The van der Waals surface area contributed by atoms with Gasteiger partial charge >= 0.3 is 7.12 Å². The summed E-state index contributed by atoms with van der Waals surface area (Å²) in [5.74, 6) is 1.17. The van der Waals surface area contributed by atoms with Crippen LogP contribution in [0.25, 0.3) is 10.8 Å². The Morgan fingerprint density at radius 2 is 1.62 bits per heavy atom. The lowest BCUT2D eigenvalue weighted by Gasteiger charge is -2.21. The van der Waals surface area contributed by atoms with E-state index in [-0.39, 0.29) is 11.6 Å². The van der Waals surface area contributed by atoms with Crippen molar-refractivity contribution < 1.29 is 10.0 Å². The Morgan fingerprint density at radius 3 is 2.14 bits per heavy atom. The molecule has 0 unspecified atom stereocenters. The quantitative estimate of drug-likeness (QED) is 0.824. The number of fused-ring (bicyclic) bond motifs is 1. The topological polar surface area (TPSA) is 62.5 Å². The van der Waals surface area contributed by atoms with Crippen LogP contribution in [0.5, 0.6) is 0 Å². The highest BCUT2D eigenvalue weighted by molar-refractivity contribution is 6.61. The van der Waals surface area contributed by atoms with Crippen LogP contribution in [0, 0.1) is 11.8 Å². The van der Waals surface area contributed by atoms with Gasteiger partial charge in [-0.3, -0.25) is 4.79 Å². The summed E-state index contributed by atoms with van der Waals surface area (Å²) in [6.45, 7) is 0. The Hall–Kier alpha value is -1.59. The van der Waals surface area contributed by atoms with Crippen LogP contribution in [0.1, 0.15) is 31.7 Å². The maximum Gasteiger partial charge on any atom is 0.490 e. The standard InChI is InChI=1S/C16H18BNO3/c19-16-13-4-2-1-3-12(13)14(17(20)21)9-18(16)15(10-5-6-10)11-7-8-11/h1-4,9-11,15,20-21H,5-8H2. The maximum absolute atomic E-state index is 12.8. The van der Waals surface area contributed by atoms with Crippen LogP contribution >= 0.6 is 0 Å². The molecule has 2 fully saturated rings. The third kappa shape index (κ3) is 2.21. The Bertz CT molecular complexity index is 735. The third-order valence-corrected chi connectivity index (χ3v) is 4.79. The van der Waals surface area contributed by atoms with Crippen LogP contribution in [-0.4, -0.2) is 21.7 Å². The first-order valence-electron chi connectivity index (χ1n) is 7.66. The first kappa shape index (κ1) is 13.1. The molecule has 5 heteroatoms. The molecule has 1 aromatic carbocycles. The molecule has 0 aliphatic heterocycles. The van der Waals surface area contributed by atoms with E-state index < -0.39 is 7.12 Å². The van der Waals surface area contributed by atoms with Gasteiger partial charge in [-0.1, -0.05) is 18.2 Å². The summed E-state index contributed by atoms with van der Waals surface area (Å²) in [6.07, 6.45) is 6.39. The van der Waals surface area contributed by atoms with Gasteiger partial charge < -0.3 is 14.6 Å². The van der Waals surface area contributed by atoms with E-state index in [0.717, 1.165) is 0 Å². The number of hydrogen-bond donors (Lipinski definition) is 2. The second kappa shape index (κ2) is 4.72. The van der Waals surface area contributed by atoms with Gasteiger partial charge in [0.15, 0.2) is 0 Å². The van der Waals surface area contributed by atoms with Gasteiger partial charge in [0.2, 0.25) is 0 Å². The Labute approximate surface area is 123 Å². The minimum absolute atomic E-state index is 0.00111. The Balaban J connectivity index is 1.96. The highest BCUT2D eigenvalue weighted by Crippen LogP contribution is 2.51. The van der Waals surface area contributed by atoms with Crippen molar-refractivity contribution in [3.8, 4) is 0 Å². The van der Waals surface area contributed by atoms with E-state index in [2.05, 4.69) is 0 Å². The molecule has 2 aliphatic carbocycles. The zero-order chi connectivity index (χ0) is 14.6. The van der Waals surface area contributed by atoms with Crippen molar-refractivity contribution in [1.82, 2.24) is 4.57 Å². The third-order valence-electron chi connectivity index (χ3n) is 4.79. The first-order valence-corrected chi connectivity index (χ1v) is 7.66. The van der Waals surface area contributed by atoms with Crippen LogP contribution < -0.4 is 11.0 Å². The average molecular weight is 283 g/mol. The van der Waals surface area contributed by atoms with Crippen LogP contribution in [0.4, 0.5) is 0 Å². The number of pyridine rings is 1. The van der Waals surface area contributed by atoms with Gasteiger partial charge in [0, 0.05) is 23.1 Å². The number of rotatable bonds is 4. The minimum Gasteiger partial charge on any atom is -0.423 e. The lowest BCUT2D eigenvalue weighted by molar-refractivity contribution is 0.385. The lowest BCUT2D eigenvalue weighted by atomic mass is 9.78. The van der Waals surface area contributed by atoms with E-state index in [4.69, 9.17) is 0 Å². The molecule has 1 heterocycles. The van der Waals surface area contributed by atoms with Crippen molar-refractivity contribution in [1.29, 1.82) is 0 Å². The van der Waals surface area contributed by atoms with Crippen molar-refractivity contribution in [3.05, 3.63) is 40.8 Å². The molecule has 0 amide bonds. The van der Waals surface area contributed by atoms with Crippen LogP contribution in [0.3, 0.4) is 0 Å². The zero-order valence-corrected chi connectivity index (χ0v) is 11.8. The van der Waals surface area contributed by atoms with Gasteiger partial charge in [-0.05, 0) is 49.0 Å². The zero-order valence-electron chi connectivity index (χ0n) is 11.8. The molecule has 0 radical (unpaired) electrons. The van der Waals surface area contributed by atoms with Gasteiger partial charge in [0.25, 0.3) is 5.56 Å². The van der Waals surface area contributed by atoms with E-state index in [1.54, 1.807) is 22.9 Å². The SMILES string of the molecule is O=c1c2ccccc2c(B(O)O)cn1C(C1CC1)C1CC1. The second-order valence-corrected chi connectivity index (χ2v) is 6.38. The van der Waals surface area contributed by atoms with E-state index in [1.807, 2.05) is 12.1 Å². The summed E-state index contributed by atoms with van der Waals surface area (Å²) >= 11 is 0. The summed E-state index contributed by atoms with van der Waals surface area (Å²) in [5, 5.41) is 20.6. The summed E-state index contributed by atoms with van der Waals surface area (Å²) in [7, 11) is -1.55. The molecule has 0 bridgehead atoms. The van der Waals surface area contributed by atoms with Crippen molar-refractivity contribution in [2.45, 2.75) is 31.7 Å². The lowest BCUT2D eigenvalue weighted by Crippen LogP contribution is -2.38. The van der Waals surface area contributed by atoms with E-state index in [1.165, 1.54) is 25.7 Å². The monoisotopic (exact) mass is 283 g/mol. The van der Waals surface area contributed by atoms with E-state index in [0.29, 0.717) is 28.1 Å². The van der Waals surface area contributed by atoms with E-state index in [9.17, 15) is 14.8 Å². The highest BCUT2D eigenvalue weighted by Gasteiger charge is 2.43. The van der Waals surface area contributed by atoms with Gasteiger partial charge in [-0.2, -0.15) is 0 Å². The first-order chi connectivity index (χ1) is 10.2. The smallest absolute Gasteiger partial charge is 0.423 e. The van der Waals surface area contributed by atoms with Crippen molar-refractivity contribution in [2.75, 3.05) is 0 Å². The molecule has 108 valence electrons. The van der Waals surface area contributed by atoms with E-state index >= 15 is 0 Å². The van der Waals surface area contributed by atoms with Gasteiger partial charge in [0.05, 0.1) is 0 Å². The van der Waals surface area contributed by atoms with Gasteiger partial charge in [-0.25, -0.2) is 0 Å². The van der Waals surface area contributed by atoms with Crippen LogP contribution in [0.15, 0.2) is 35.3 Å². The normalized spacial score (nSPS) is 18.4. The number of nitrogens with zero attached hydrogens (tertiary/aromatic N) is 1. The largest absolute Gasteiger partial charge is 0.490 e. The fraction of sp³-hybridized carbons (Fsp3) is 0.438. The number of benzene rings is 1. The molecular formula is C16H18BNO3. The number of hydrogen-bond acceptors (Lipinski definition) is 3. The molecule has 0 saturated heterocycles. The molecule has 4 rings (SSSR count). The Morgan fingerprint density at radius 1 is 1.05 bits per heavy atom. The fourth-order valence-corrected chi connectivity index (χ4v) is 3.48. The minimum atomic E-state index is -1.55. The van der Waals surface area contributed by atoms with Gasteiger partial charge in [-0.15, -0.1) is 0 Å². The predicted molar refractivity (Wildman–Crippen MR) is 82.5 cm³/mol. The van der Waals surface area contributed by atoms with Gasteiger partial charge in [0.1, 0.15) is 0 Å².